The minimum Gasteiger partial charge on any atom is -0.465 e. The molecule has 2 aromatic rings. The molecule has 152 valence electrons. The Morgan fingerprint density at radius 2 is 1.86 bits per heavy atom. The standard InChI is InChI=1S/C18H18ClF2NO5S/c1-2-26-17(23)15(10-12-6-4-3-5-7-12)22-28(24,25)13-8-9-16(14(19)11-13)27-18(20)21/h3-9,11,15,18,22H,2,10H2,1H3. The van der Waals surface area contributed by atoms with Crippen molar-refractivity contribution >= 4 is 27.6 Å². The number of esters is 1. The Balaban J connectivity index is 2.26. The molecule has 0 aliphatic carbocycles. The van der Waals surface area contributed by atoms with Gasteiger partial charge in [0.1, 0.15) is 11.8 Å². The lowest BCUT2D eigenvalue weighted by molar-refractivity contribution is -0.145. The summed E-state index contributed by atoms with van der Waals surface area (Å²) < 4.78 is 61.4. The maximum Gasteiger partial charge on any atom is 0.387 e. The fourth-order valence-corrected chi connectivity index (χ4v) is 3.86. The van der Waals surface area contributed by atoms with Gasteiger partial charge in [0.15, 0.2) is 0 Å². The van der Waals surface area contributed by atoms with Crippen LogP contribution in [0.15, 0.2) is 53.4 Å². The molecule has 0 aliphatic rings. The van der Waals surface area contributed by atoms with Crippen LogP contribution in [-0.2, 0) is 26.0 Å². The molecule has 1 unspecified atom stereocenters. The van der Waals surface area contributed by atoms with E-state index in [4.69, 9.17) is 16.3 Å². The van der Waals surface area contributed by atoms with Gasteiger partial charge in [-0.25, -0.2) is 8.42 Å². The van der Waals surface area contributed by atoms with Crippen LogP contribution in [0.2, 0.25) is 5.02 Å². The van der Waals surface area contributed by atoms with E-state index in [1.54, 1.807) is 37.3 Å². The molecule has 28 heavy (non-hydrogen) atoms. The topological polar surface area (TPSA) is 81.7 Å². The first-order chi connectivity index (χ1) is 13.2. The maximum atomic E-state index is 12.7. The van der Waals surface area contributed by atoms with Crippen LogP contribution in [0, 0.1) is 0 Å². The highest BCUT2D eigenvalue weighted by atomic mass is 35.5. The average Bonchev–Trinajstić information content (AvgIpc) is 2.63. The molecule has 0 aliphatic heterocycles. The number of hydrogen-bond donors (Lipinski definition) is 1. The minimum absolute atomic E-state index is 0.0687. The van der Waals surface area contributed by atoms with Crippen molar-refractivity contribution in [2.75, 3.05) is 6.61 Å². The van der Waals surface area contributed by atoms with Gasteiger partial charge in [0.05, 0.1) is 16.5 Å². The lowest BCUT2D eigenvalue weighted by Gasteiger charge is -2.18. The monoisotopic (exact) mass is 433 g/mol. The van der Waals surface area contributed by atoms with Crippen molar-refractivity contribution in [1.29, 1.82) is 0 Å². The fraction of sp³-hybridized carbons (Fsp3) is 0.278. The SMILES string of the molecule is CCOC(=O)C(Cc1ccccc1)NS(=O)(=O)c1ccc(OC(F)F)c(Cl)c1. The van der Waals surface area contributed by atoms with E-state index < -0.39 is 28.6 Å². The molecule has 1 N–H and O–H groups in total. The first-order valence-corrected chi connectivity index (χ1v) is 10.1. The summed E-state index contributed by atoms with van der Waals surface area (Å²) in [7, 11) is -4.19. The number of benzene rings is 2. The van der Waals surface area contributed by atoms with Crippen molar-refractivity contribution in [3.63, 3.8) is 0 Å². The van der Waals surface area contributed by atoms with E-state index in [-0.39, 0.29) is 28.7 Å². The molecule has 0 heterocycles. The summed E-state index contributed by atoms with van der Waals surface area (Å²) in [6.45, 7) is -1.41. The number of rotatable bonds is 9. The lowest BCUT2D eigenvalue weighted by Crippen LogP contribution is -2.43. The zero-order chi connectivity index (χ0) is 20.7. The van der Waals surface area contributed by atoms with Crippen LogP contribution in [0.1, 0.15) is 12.5 Å². The molecule has 0 fully saturated rings. The van der Waals surface area contributed by atoms with E-state index in [9.17, 15) is 22.0 Å². The number of hydrogen-bond acceptors (Lipinski definition) is 5. The molecule has 0 aromatic heterocycles. The first-order valence-electron chi connectivity index (χ1n) is 8.20. The molecule has 0 saturated heterocycles. The van der Waals surface area contributed by atoms with Gasteiger partial charge in [-0.3, -0.25) is 4.79 Å². The normalized spacial score (nSPS) is 12.6. The summed E-state index contributed by atoms with van der Waals surface area (Å²) in [5.41, 5.74) is 0.724. The molecule has 0 amide bonds. The largest absolute Gasteiger partial charge is 0.465 e. The molecule has 1 atom stereocenters. The minimum atomic E-state index is -4.19. The maximum absolute atomic E-state index is 12.7. The Bertz CT molecular complexity index is 909. The third-order valence-electron chi connectivity index (χ3n) is 3.58. The summed E-state index contributed by atoms with van der Waals surface area (Å²) in [5.74, 6) is -1.10. The number of ether oxygens (including phenoxy) is 2. The molecular formula is C18H18ClF2NO5S. The van der Waals surface area contributed by atoms with Gasteiger partial charge in [-0.1, -0.05) is 41.9 Å². The lowest BCUT2D eigenvalue weighted by atomic mass is 10.1. The Morgan fingerprint density at radius 3 is 2.43 bits per heavy atom. The van der Waals surface area contributed by atoms with Crippen LogP contribution in [-0.4, -0.2) is 33.6 Å². The van der Waals surface area contributed by atoms with Gasteiger partial charge in [0.25, 0.3) is 0 Å². The zero-order valence-electron chi connectivity index (χ0n) is 14.8. The second-order valence-electron chi connectivity index (χ2n) is 5.59. The highest BCUT2D eigenvalue weighted by Crippen LogP contribution is 2.28. The van der Waals surface area contributed by atoms with Crippen molar-refractivity contribution in [2.45, 2.75) is 30.9 Å². The number of sulfonamides is 1. The number of alkyl halides is 2. The molecule has 0 spiro atoms. The van der Waals surface area contributed by atoms with Gasteiger partial charge in [-0.2, -0.15) is 13.5 Å². The van der Waals surface area contributed by atoms with Crippen LogP contribution in [0.3, 0.4) is 0 Å². The van der Waals surface area contributed by atoms with E-state index in [2.05, 4.69) is 9.46 Å². The van der Waals surface area contributed by atoms with Crippen molar-refractivity contribution < 1.29 is 31.5 Å². The Morgan fingerprint density at radius 1 is 1.18 bits per heavy atom. The molecule has 2 aromatic carbocycles. The average molecular weight is 434 g/mol. The van der Waals surface area contributed by atoms with Crippen molar-refractivity contribution in [1.82, 2.24) is 4.72 Å². The Kier molecular flexibility index (Phi) is 7.73. The summed E-state index contributed by atoms with van der Waals surface area (Å²) in [6.07, 6.45) is 0.0687. The highest BCUT2D eigenvalue weighted by Gasteiger charge is 2.27. The van der Waals surface area contributed by atoms with E-state index in [0.29, 0.717) is 0 Å². The van der Waals surface area contributed by atoms with Crippen molar-refractivity contribution in [2.24, 2.45) is 0 Å². The number of carbonyl (C=O) groups excluding carboxylic acids is 1. The number of halogens is 3. The van der Waals surface area contributed by atoms with Gasteiger partial charge in [-0.05, 0) is 37.1 Å². The van der Waals surface area contributed by atoms with Gasteiger partial charge in [0.2, 0.25) is 10.0 Å². The molecule has 0 saturated carbocycles. The van der Waals surface area contributed by atoms with Crippen LogP contribution in [0.5, 0.6) is 5.75 Å². The summed E-state index contributed by atoms with van der Waals surface area (Å²) >= 11 is 5.82. The van der Waals surface area contributed by atoms with E-state index in [1.807, 2.05) is 0 Å². The van der Waals surface area contributed by atoms with Gasteiger partial charge < -0.3 is 9.47 Å². The Labute approximate surface area is 166 Å². The molecule has 0 bridgehead atoms. The summed E-state index contributed by atoms with van der Waals surface area (Å²) in [5, 5.41) is -0.307. The summed E-state index contributed by atoms with van der Waals surface area (Å²) in [4.78, 5) is 11.9. The number of carbonyl (C=O) groups is 1. The van der Waals surface area contributed by atoms with Crippen molar-refractivity contribution in [3.05, 3.63) is 59.1 Å². The van der Waals surface area contributed by atoms with Crippen LogP contribution in [0.25, 0.3) is 0 Å². The second-order valence-corrected chi connectivity index (χ2v) is 7.71. The molecule has 0 radical (unpaired) electrons. The smallest absolute Gasteiger partial charge is 0.387 e. The van der Waals surface area contributed by atoms with E-state index >= 15 is 0 Å². The second kappa shape index (κ2) is 9.81. The predicted molar refractivity (Wildman–Crippen MR) is 99.0 cm³/mol. The van der Waals surface area contributed by atoms with E-state index in [1.165, 1.54) is 0 Å². The van der Waals surface area contributed by atoms with E-state index in [0.717, 1.165) is 23.8 Å². The third-order valence-corrected chi connectivity index (χ3v) is 5.35. The van der Waals surface area contributed by atoms with Gasteiger partial charge >= 0.3 is 12.6 Å². The fourth-order valence-electron chi connectivity index (χ4n) is 2.36. The Hall–Kier alpha value is -2.23. The zero-order valence-corrected chi connectivity index (χ0v) is 16.3. The van der Waals surface area contributed by atoms with Crippen LogP contribution < -0.4 is 9.46 Å². The predicted octanol–water partition coefficient (Wildman–Crippen LogP) is 3.39. The van der Waals surface area contributed by atoms with Crippen LogP contribution >= 0.6 is 11.6 Å². The molecule has 6 nitrogen and oxygen atoms in total. The number of nitrogens with one attached hydrogen (secondary N) is 1. The summed E-state index contributed by atoms with van der Waals surface area (Å²) in [6, 6.07) is 10.6. The molecular weight excluding hydrogens is 416 g/mol. The van der Waals surface area contributed by atoms with Crippen LogP contribution in [0.4, 0.5) is 8.78 Å². The van der Waals surface area contributed by atoms with Gasteiger partial charge in [0, 0.05) is 0 Å². The highest BCUT2D eigenvalue weighted by molar-refractivity contribution is 7.89. The van der Waals surface area contributed by atoms with Gasteiger partial charge in [-0.15, -0.1) is 0 Å². The first kappa shape index (κ1) is 22.1. The van der Waals surface area contributed by atoms with Crippen molar-refractivity contribution in [3.8, 4) is 5.75 Å². The third kappa shape index (κ3) is 6.15. The quantitative estimate of drug-likeness (QED) is 0.613. The molecule has 2 rings (SSSR count). The molecule has 10 heteroatoms.